The predicted molar refractivity (Wildman–Crippen MR) is 106 cm³/mol. The molecule has 128 valence electrons. The quantitative estimate of drug-likeness (QED) is 0.708. The lowest BCUT2D eigenvalue weighted by molar-refractivity contribution is -0.126. The van der Waals surface area contributed by atoms with Crippen LogP contribution in [0.1, 0.15) is 20.8 Å². The molecule has 0 radical (unpaired) electrons. The first-order chi connectivity index (χ1) is 11.2. The van der Waals surface area contributed by atoms with E-state index in [0.29, 0.717) is 5.13 Å². The third-order valence-electron chi connectivity index (χ3n) is 3.08. The highest BCUT2D eigenvalue weighted by Gasteiger charge is 2.22. The number of halogens is 1. The van der Waals surface area contributed by atoms with Crippen LogP contribution >= 0.6 is 39.5 Å². The van der Waals surface area contributed by atoms with Crippen molar-refractivity contribution in [1.29, 1.82) is 0 Å². The van der Waals surface area contributed by atoms with Crippen molar-refractivity contribution < 1.29 is 9.53 Å². The lowest BCUT2D eigenvalue weighted by atomic mass is 9.96. The van der Waals surface area contributed by atoms with E-state index in [4.69, 9.17) is 17.0 Å². The molecular formula is C16H18BrN3O2S2. The number of thiazole rings is 1. The summed E-state index contributed by atoms with van der Waals surface area (Å²) in [5, 5.41) is 8.39. The topological polar surface area (TPSA) is 63.2 Å². The summed E-state index contributed by atoms with van der Waals surface area (Å²) in [6.07, 6.45) is 0. The molecule has 2 aromatic rings. The van der Waals surface area contributed by atoms with E-state index in [9.17, 15) is 4.79 Å². The number of nitrogens with one attached hydrogen (secondary N) is 2. The molecule has 0 spiro atoms. The smallest absolute Gasteiger partial charge is 0.231 e. The normalized spacial score (nSPS) is 11.0. The van der Waals surface area contributed by atoms with Crippen LogP contribution in [-0.2, 0) is 4.79 Å². The van der Waals surface area contributed by atoms with Gasteiger partial charge in [0.2, 0.25) is 5.91 Å². The summed E-state index contributed by atoms with van der Waals surface area (Å²) in [4.78, 5) is 16.4. The third kappa shape index (κ3) is 4.75. The highest BCUT2D eigenvalue weighted by molar-refractivity contribution is 9.10. The molecule has 8 heteroatoms. The van der Waals surface area contributed by atoms with Gasteiger partial charge in [0.1, 0.15) is 5.75 Å². The Bertz CT molecular complexity index is 769. The molecule has 2 N–H and O–H groups in total. The largest absolute Gasteiger partial charge is 0.496 e. The van der Waals surface area contributed by atoms with Crippen LogP contribution in [0.25, 0.3) is 11.3 Å². The number of anilines is 1. The fraction of sp³-hybridized carbons (Fsp3) is 0.312. The first kappa shape index (κ1) is 18.8. The van der Waals surface area contributed by atoms with Gasteiger partial charge in [-0.3, -0.25) is 4.79 Å². The molecule has 1 aromatic heterocycles. The van der Waals surface area contributed by atoms with Gasteiger partial charge in [-0.1, -0.05) is 20.8 Å². The number of nitrogens with zero attached hydrogens (tertiary/aromatic N) is 1. The van der Waals surface area contributed by atoms with Crippen LogP contribution in [-0.4, -0.2) is 23.1 Å². The van der Waals surface area contributed by atoms with Gasteiger partial charge in [0.25, 0.3) is 0 Å². The second-order valence-corrected chi connectivity index (χ2v) is 8.17. The van der Waals surface area contributed by atoms with Crippen molar-refractivity contribution in [3.63, 3.8) is 0 Å². The van der Waals surface area contributed by atoms with Gasteiger partial charge >= 0.3 is 0 Å². The number of carbonyl (C=O) groups is 1. The van der Waals surface area contributed by atoms with Gasteiger partial charge in [0.15, 0.2) is 10.2 Å². The number of methoxy groups -OCH3 is 1. The number of carbonyl (C=O) groups excluding carboxylic acids is 1. The van der Waals surface area contributed by atoms with Gasteiger partial charge in [-0.05, 0) is 46.3 Å². The minimum atomic E-state index is -0.505. The second kappa shape index (κ2) is 7.58. The van der Waals surface area contributed by atoms with Crippen molar-refractivity contribution in [3.05, 3.63) is 28.1 Å². The third-order valence-corrected chi connectivity index (χ3v) is 4.66. The maximum atomic E-state index is 11.9. The average molecular weight is 428 g/mol. The molecule has 0 fully saturated rings. The maximum absolute atomic E-state index is 11.9. The van der Waals surface area contributed by atoms with Crippen LogP contribution in [0.2, 0.25) is 0 Å². The Kier molecular flexibility index (Phi) is 5.95. The zero-order valence-corrected chi connectivity index (χ0v) is 17.0. The monoisotopic (exact) mass is 427 g/mol. The summed E-state index contributed by atoms with van der Waals surface area (Å²) in [7, 11) is 1.62. The van der Waals surface area contributed by atoms with Crippen LogP contribution < -0.4 is 15.4 Å². The Morgan fingerprint density at radius 2 is 2.08 bits per heavy atom. The van der Waals surface area contributed by atoms with E-state index in [-0.39, 0.29) is 11.0 Å². The van der Waals surface area contributed by atoms with E-state index in [0.717, 1.165) is 21.5 Å². The molecule has 0 saturated heterocycles. The molecule has 0 unspecified atom stereocenters. The molecule has 2 rings (SSSR count). The van der Waals surface area contributed by atoms with E-state index in [1.165, 1.54) is 11.3 Å². The lowest BCUT2D eigenvalue weighted by Gasteiger charge is -2.17. The fourth-order valence-corrected chi connectivity index (χ4v) is 3.23. The van der Waals surface area contributed by atoms with Crippen LogP contribution in [0, 0.1) is 5.41 Å². The molecule has 0 atom stereocenters. The number of hydrogen-bond donors (Lipinski definition) is 2. The Morgan fingerprint density at radius 1 is 1.38 bits per heavy atom. The molecule has 24 heavy (non-hydrogen) atoms. The van der Waals surface area contributed by atoms with Gasteiger partial charge in [-0.15, -0.1) is 11.3 Å². The summed E-state index contributed by atoms with van der Waals surface area (Å²) < 4.78 is 6.08. The highest BCUT2D eigenvalue weighted by atomic mass is 79.9. The van der Waals surface area contributed by atoms with Gasteiger partial charge in [0, 0.05) is 16.4 Å². The van der Waals surface area contributed by atoms with Crippen LogP contribution in [0.4, 0.5) is 5.13 Å². The lowest BCUT2D eigenvalue weighted by Crippen LogP contribution is -2.41. The SMILES string of the molecule is COc1ccc(-c2csc(NC(=S)NC(=O)C(C)(C)C)n2)cc1Br. The minimum absolute atomic E-state index is 0.143. The van der Waals surface area contributed by atoms with E-state index >= 15 is 0 Å². The summed E-state index contributed by atoms with van der Waals surface area (Å²) in [6.45, 7) is 5.48. The molecule has 0 bridgehead atoms. The fourth-order valence-electron chi connectivity index (χ4n) is 1.71. The Morgan fingerprint density at radius 3 is 2.67 bits per heavy atom. The summed E-state index contributed by atoms with van der Waals surface area (Å²) in [6, 6.07) is 5.75. The number of aromatic nitrogens is 1. The summed E-state index contributed by atoms with van der Waals surface area (Å²) in [5.41, 5.74) is 1.27. The number of rotatable bonds is 3. The van der Waals surface area contributed by atoms with E-state index < -0.39 is 5.41 Å². The molecule has 0 aliphatic carbocycles. The molecule has 5 nitrogen and oxygen atoms in total. The van der Waals surface area contributed by atoms with Crippen molar-refractivity contribution in [2.75, 3.05) is 12.4 Å². The molecule has 1 amide bonds. The number of hydrogen-bond acceptors (Lipinski definition) is 5. The average Bonchev–Trinajstić information content (AvgIpc) is 2.94. The molecule has 1 heterocycles. The van der Waals surface area contributed by atoms with Crippen molar-refractivity contribution in [2.24, 2.45) is 5.41 Å². The van der Waals surface area contributed by atoms with Gasteiger partial charge in [-0.25, -0.2) is 4.98 Å². The first-order valence-corrected chi connectivity index (χ1v) is 9.20. The standard InChI is InChI=1S/C16H18BrN3O2S2/c1-16(2,3)13(21)19-14(23)20-15-18-11(8-24-15)9-5-6-12(22-4)10(17)7-9/h5-8H,1-4H3,(H2,18,19,20,21,23). The summed E-state index contributed by atoms with van der Waals surface area (Å²) in [5.74, 6) is 0.620. The van der Waals surface area contributed by atoms with Crippen LogP contribution in [0.5, 0.6) is 5.75 Å². The van der Waals surface area contributed by atoms with Gasteiger partial charge in [0.05, 0.1) is 17.3 Å². The van der Waals surface area contributed by atoms with Crippen molar-refractivity contribution >= 4 is 55.6 Å². The van der Waals surface area contributed by atoms with Crippen molar-refractivity contribution in [1.82, 2.24) is 10.3 Å². The number of thiocarbonyl (C=S) groups is 1. The van der Waals surface area contributed by atoms with E-state index in [1.807, 2.05) is 44.4 Å². The zero-order chi connectivity index (χ0) is 17.9. The Hall–Kier alpha value is -1.51. The minimum Gasteiger partial charge on any atom is -0.496 e. The predicted octanol–water partition coefficient (Wildman–Crippen LogP) is 4.44. The van der Waals surface area contributed by atoms with Gasteiger partial charge < -0.3 is 15.4 Å². The molecule has 0 aliphatic rings. The molecule has 0 aliphatic heterocycles. The number of benzene rings is 1. The number of ether oxygens (including phenoxy) is 1. The Labute approximate surface area is 159 Å². The van der Waals surface area contributed by atoms with E-state index in [2.05, 4.69) is 31.5 Å². The highest BCUT2D eigenvalue weighted by Crippen LogP contribution is 2.32. The number of amides is 1. The zero-order valence-electron chi connectivity index (χ0n) is 13.8. The first-order valence-electron chi connectivity index (χ1n) is 7.12. The van der Waals surface area contributed by atoms with Gasteiger partial charge in [-0.2, -0.15) is 0 Å². The van der Waals surface area contributed by atoms with Crippen molar-refractivity contribution in [2.45, 2.75) is 20.8 Å². The van der Waals surface area contributed by atoms with Crippen LogP contribution in [0.15, 0.2) is 28.1 Å². The molecule has 1 aromatic carbocycles. The van der Waals surface area contributed by atoms with Crippen molar-refractivity contribution in [3.8, 4) is 17.0 Å². The van der Waals surface area contributed by atoms with E-state index in [1.54, 1.807) is 7.11 Å². The molecular weight excluding hydrogens is 410 g/mol. The second-order valence-electron chi connectivity index (χ2n) is 6.05. The summed E-state index contributed by atoms with van der Waals surface area (Å²) >= 11 is 10.0. The van der Waals surface area contributed by atoms with Crippen LogP contribution in [0.3, 0.4) is 0 Å². The Balaban J connectivity index is 2.07. The molecule has 0 saturated carbocycles. The maximum Gasteiger partial charge on any atom is 0.231 e.